The highest BCUT2D eigenvalue weighted by Gasteiger charge is 2.24. The van der Waals surface area contributed by atoms with Gasteiger partial charge in [0.05, 0.1) is 12.6 Å². The lowest BCUT2D eigenvalue weighted by atomic mass is 10.1. The Morgan fingerprint density at radius 3 is 2.41 bits per heavy atom. The Kier molecular flexibility index (Phi) is 6.71. The summed E-state index contributed by atoms with van der Waals surface area (Å²) < 4.78 is 25.3. The van der Waals surface area contributed by atoms with Crippen molar-refractivity contribution in [2.24, 2.45) is 0 Å². The molecule has 3 aromatic carbocycles. The van der Waals surface area contributed by atoms with Gasteiger partial charge in [-0.05, 0) is 36.2 Å². The number of thioether (sulfide) groups is 1. The summed E-state index contributed by atoms with van der Waals surface area (Å²) in [7, 11) is 1.33. The molecule has 0 aliphatic carbocycles. The summed E-state index contributed by atoms with van der Waals surface area (Å²) in [5.74, 6) is 0.0751. The van der Waals surface area contributed by atoms with Crippen LogP contribution < -0.4 is 4.74 Å². The van der Waals surface area contributed by atoms with Crippen molar-refractivity contribution in [1.29, 1.82) is 0 Å². The molecular weight excluding hydrogens is 425 g/mol. The molecule has 0 amide bonds. The smallest absolute Gasteiger partial charge is 0.344 e. The van der Waals surface area contributed by atoms with Crippen molar-refractivity contribution in [3.63, 3.8) is 0 Å². The molecule has 0 bridgehead atoms. The van der Waals surface area contributed by atoms with Crippen LogP contribution in [0.1, 0.15) is 27.0 Å². The highest BCUT2D eigenvalue weighted by atomic mass is 32.2. The van der Waals surface area contributed by atoms with Gasteiger partial charge in [-0.2, -0.15) is 0 Å². The lowest BCUT2D eigenvalue weighted by molar-refractivity contribution is 0.0590. The quantitative estimate of drug-likeness (QED) is 0.244. The number of para-hydroxylation sites is 1. The summed E-state index contributed by atoms with van der Waals surface area (Å²) in [5.41, 5.74) is 3.66. The van der Waals surface area contributed by atoms with E-state index in [1.54, 1.807) is 18.2 Å². The zero-order valence-electron chi connectivity index (χ0n) is 17.8. The fraction of sp³-hybridized carbons (Fsp3) is 0.154. The number of halogens is 1. The zero-order valence-corrected chi connectivity index (χ0v) is 18.6. The predicted octanol–water partition coefficient (Wildman–Crippen LogP) is 6.34. The summed E-state index contributed by atoms with van der Waals surface area (Å²) in [6, 6.07) is 21.9. The van der Waals surface area contributed by atoms with E-state index in [1.807, 2.05) is 49.4 Å². The number of hydrogen-bond donors (Lipinski definition) is 0. The maximum absolute atomic E-state index is 14.2. The van der Waals surface area contributed by atoms with Gasteiger partial charge >= 0.3 is 5.97 Å². The summed E-state index contributed by atoms with van der Waals surface area (Å²) in [5, 5.41) is 1.19. The van der Waals surface area contributed by atoms with Gasteiger partial charge in [0.15, 0.2) is 0 Å². The fourth-order valence-corrected chi connectivity index (χ4v) is 4.48. The Bertz CT molecular complexity index is 1280. The number of pyridine rings is 1. The highest BCUT2D eigenvalue weighted by molar-refractivity contribution is 7.98. The lowest BCUT2D eigenvalue weighted by Gasteiger charge is -2.17. The normalized spacial score (nSPS) is 10.8. The topological polar surface area (TPSA) is 48.4 Å². The number of rotatable bonds is 7. The summed E-state index contributed by atoms with van der Waals surface area (Å²) in [4.78, 5) is 17.6. The second kappa shape index (κ2) is 9.83. The van der Waals surface area contributed by atoms with Gasteiger partial charge in [-0.15, -0.1) is 11.8 Å². The molecule has 4 nitrogen and oxygen atoms in total. The van der Waals surface area contributed by atoms with Gasteiger partial charge in [0.25, 0.3) is 0 Å². The Morgan fingerprint density at radius 2 is 1.66 bits per heavy atom. The first-order chi connectivity index (χ1) is 15.6. The average Bonchev–Trinajstić information content (AvgIpc) is 2.82. The number of carbonyl (C=O) groups is 1. The van der Waals surface area contributed by atoms with E-state index in [0.29, 0.717) is 33.0 Å². The highest BCUT2D eigenvalue weighted by Crippen LogP contribution is 2.37. The molecule has 0 spiro atoms. The number of methoxy groups -OCH3 is 1. The number of benzene rings is 3. The number of hydrogen-bond acceptors (Lipinski definition) is 5. The molecule has 0 saturated carbocycles. The van der Waals surface area contributed by atoms with Gasteiger partial charge in [0.1, 0.15) is 28.8 Å². The van der Waals surface area contributed by atoms with Crippen LogP contribution in [0.25, 0.3) is 10.9 Å². The molecule has 0 radical (unpaired) electrons. The van der Waals surface area contributed by atoms with Crippen molar-refractivity contribution < 1.29 is 18.7 Å². The van der Waals surface area contributed by atoms with E-state index in [4.69, 9.17) is 14.5 Å². The third kappa shape index (κ3) is 4.60. The molecule has 1 heterocycles. The first kappa shape index (κ1) is 21.8. The number of esters is 1. The molecule has 162 valence electrons. The number of nitrogens with zero attached hydrogens (tertiary/aromatic N) is 1. The molecule has 0 aliphatic rings. The van der Waals surface area contributed by atoms with Gasteiger partial charge in [-0.3, -0.25) is 0 Å². The molecule has 1 aromatic heterocycles. The Labute approximate surface area is 190 Å². The Morgan fingerprint density at radius 1 is 0.969 bits per heavy atom. The van der Waals surface area contributed by atoms with Crippen molar-refractivity contribution in [1.82, 2.24) is 4.98 Å². The summed E-state index contributed by atoms with van der Waals surface area (Å²) in [6.45, 7) is 2.03. The van der Waals surface area contributed by atoms with Crippen molar-refractivity contribution in [2.75, 3.05) is 7.11 Å². The van der Waals surface area contributed by atoms with E-state index in [9.17, 15) is 9.18 Å². The van der Waals surface area contributed by atoms with Crippen LogP contribution in [0.3, 0.4) is 0 Å². The van der Waals surface area contributed by atoms with Crippen molar-refractivity contribution in [3.05, 3.63) is 101 Å². The summed E-state index contributed by atoms with van der Waals surface area (Å²) in [6.07, 6.45) is 0. The van der Waals surface area contributed by atoms with Crippen LogP contribution in [-0.2, 0) is 17.1 Å². The van der Waals surface area contributed by atoms with Crippen LogP contribution in [0.2, 0.25) is 0 Å². The van der Waals surface area contributed by atoms with Crippen LogP contribution in [0, 0.1) is 12.7 Å². The van der Waals surface area contributed by atoms with Crippen molar-refractivity contribution in [2.45, 2.75) is 24.3 Å². The van der Waals surface area contributed by atoms with Gasteiger partial charge in [-0.25, -0.2) is 14.2 Å². The third-order valence-electron chi connectivity index (χ3n) is 5.16. The number of ether oxygens (including phenoxy) is 2. The molecule has 0 saturated heterocycles. The van der Waals surface area contributed by atoms with E-state index in [0.717, 1.165) is 11.1 Å². The zero-order chi connectivity index (χ0) is 22.5. The average molecular weight is 448 g/mol. The molecule has 0 N–H and O–H groups in total. The van der Waals surface area contributed by atoms with Gasteiger partial charge in [-0.1, -0.05) is 54.6 Å². The minimum atomic E-state index is -0.543. The minimum Gasteiger partial charge on any atom is -0.487 e. The van der Waals surface area contributed by atoms with E-state index in [1.165, 1.54) is 24.9 Å². The SMILES string of the molecule is COC(=O)c1c(SCc2ccccc2C)nc2ccccc2c1OCc1ccccc1F. The minimum absolute atomic E-state index is 0.0213. The number of aryl methyl sites for hydroxylation is 1. The van der Waals surface area contributed by atoms with Crippen LogP contribution in [0.4, 0.5) is 4.39 Å². The first-order valence-corrected chi connectivity index (χ1v) is 11.1. The second-order valence-electron chi connectivity index (χ2n) is 7.23. The molecular formula is C26H22FNO3S. The molecule has 6 heteroatoms. The van der Waals surface area contributed by atoms with Crippen LogP contribution in [-0.4, -0.2) is 18.1 Å². The third-order valence-corrected chi connectivity index (χ3v) is 6.18. The van der Waals surface area contributed by atoms with Crippen molar-refractivity contribution in [3.8, 4) is 5.75 Å². The predicted molar refractivity (Wildman–Crippen MR) is 125 cm³/mol. The lowest BCUT2D eigenvalue weighted by Crippen LogP contribution is -2.10. The fourth-order valence-electron chi connectivity index (χ4n) is 3.38. The largest absolute Gasteiger partial charge is 0.487 e. The van der Waals surface area contributed by atoms with Crippen LogP contribution in [0.15, 0.2) is 77.8 Å². The monoisotopic (exact) mass is 447 g/mol. The molecule has 4 rings (SSSR count). The van der Waals surface area contributed by atoms with E-state index in [-0.39, 0.29) is 18.0 Å². The molecule has 4 aromatic rings. The van der Waals surface area contributed by atoms with Gasteiger partial charge in [0, 0.05) is 16.7 Å². The van der Waals surface area contributed by atoms with Gasteiger partial charge in [0.2, 0.25) is 0 Å². The Hall–Kier alpha value is -3.38. The van der Waals surface area contributed by atoms with E-state index < -0.39 is 5.97 Å². The standard InChI is InChI=1S/C26H22FNO3S/c1-17-9-3-4-11-19(17)16-32-25-23(26(29)30-2)24(20-12-6-8-14-22(20)28-25)31-15-18-10-5-7-13-21(18)27/h3-14H,15-16H2,1-2H3. The summed E-state index contributed by atoms with van der Waals surface area (Å²) >= 11 is 1.45. The second-order valence-corrected chi connectivity index (χ2v) is 8.19. The molecule has 0 unspecified atom stereocenters. The van der Waals surface area contributed by atoms with E-state index in [2.05, 4.69) is 6.07 Å². The molecule has 32 heavy (non-hydrogen) atoms. The maximum atomic E-state index is 14.2. The number of aromatic nitrogens is 1. The maximum Gasteiger partial charge on any atom is 0.344 e. The molecule has 0 fully saturated rings. The number of carbonyl (C=O) groups excluding carboxylic acids is 1. The first-order valence-electron chi connectivity index (χ1n) is 10.1. The molecule has 0 aliphatic heterocycles. The van der Waals surface area contributed by atoms with Gasteiger partial charge < -0.3 is 9.47 Å². The van der Waals surface area contributed by atoms with Crippen LogP contribution >= 0.6 is 11.8 Å². The number of fused-ring (bicyclic) bond motifs is 1. The van der Waals surface area contributed by atoms with Crippen molar-refractivity contribution >= 4 is 28.6 Å². The Balaban J connectivity index is 1.78. The van der Waals surface area contributed by atoms with Crippen LogP contribution in [0.5, 0.6) is 5.75 Å². The van der Waals surface area contributed by atoms with E-state index >= 15 is 0 Å². The molecule has 0 atom stereocenters.